The van der Waals surface area contributed by atoms with Crippen LogP contribution in [0.15, 0.2) is 29.3 Å². The maximum Gasteiger partial charge on any atom is 0.191 e. The van der Waals surface area contributed by atoms with E-state index in [2.05, 4.69) is 44.4 Å². The van der Waals surface area contributed by atoms with Crippen LogP contribution >= 0.6 is 24.0 Å². The monoisotopic (exact) mass is 431 g/mol. The summed E-state index contributed by atoms with van der Waals surface area (Å²) in [6, 6.07) is 8.22. The molecule has 0 heterocycles. The second-order valence-electron chi connectivity index (χ2n) is 6.85. The van der Waals surface area contributed by atoms with E-state index < -0.39 is 0 Å². The van der Waals surface area contributed by atoms with Crippen molar-refractivity contribution < 1.29 is 4.74 Å². The third-order valence-electron chi connectivity index (χ3n) is 3.56. The van der Waals surface area contributed by atoms with E-state index in [9.17, 15) is 0 Å². The Labute approximate surface area is 157 Å². The fraction of sp³-hybridized carbons (Fsp3) is 0.611. The van der Waals surface area contributed by atoms with Crippen molar-refractivity contribution in [3.05, 3.63) is 29.8 Å². The first kappa shape index (κ1) is 20.1. The lowest BCUT2D eigenvalue weighted by molar-refractivity contribution is 0.119. The predicted octanol–water partition coefficient (Wildman–Crippen LogP) is 4.09. The minimum atomic E-state index is -0.0110. The third-order valence-corrected chi connectivity index (χ3v) is 3.56. The van der Waals surface area contributed by atoms with E-state index >= 15 is 0 Å². The van der Waals surface area contributed by atoms with Crippen molar-refractivity contribution >= 4 is 29.9 Å². The average molecular weight is 431 g/mol. The Morgan fingerprint density at radius 3 is 2.52 bits per heavy atom. The molecule has 0 saturated heterocycles. The SMILES string of the molecule is CCNC(=NCc1ccccc1OC1CCC1)NC(C)(C)C.I. The molecule has 5 heteroatoms. The van der Waals surface area contributed by atoms with Crippen LogP contribution in [0.3, 0.4) is 0 Å². The van der Waals surface area contributed by atoms with E-state index in [0.29, 0.717) is 12.6 Å². The van der Waals surface area contributed by atoms with Crippen LogP contribution in [0.1, 0.15) is 52.5 Å². The van der Waals surface area contributed by atoms with Gasteiger partial charge in [-0.05, 0) is 53.0 Å². The lowest BCUT2D eigenvalue weighted by Crippen LogP contribution is -2.47. The van der Waals surface area contributed by atoms with E-state index in [-0.39, 0.29) is 29.5 Å². The van der Waals surface area contributed by atoms with E-state index in [1.54, 1.807) is 0 Å². The number of rotatable bonds is 5. The first-order valence-corrected chi connectivity index (χ1v) is 8.29. The van der Waals surface area contributed by atoms with Crippen molar-refractivity contribution in [2.45, 2.75) is 65.1 Å². The molecule has 1 aromatic rings. The summed E-state index contributed by atoms with van der Waals surface area (Å²) in [5, 5.41) is 6.70. The Bertz CT molecular complexity index is 507. The fourth-order valence-corrected chi connectivity index (χ4v) is 2.24. The number of guanidine groups is 1. The van der Waals surface area contributed by atoms with E-state index in [0.717, 1.165) is 23.8 Å². The van der Waals surface area contributed by atoms with Crippen molar-refractivity contribution in [1.82, 2.24) is 10.6 Å². The number of hydrogen-bond acceptors (Lipinski definition) is 2. The minimum Gasteiger partial charge on any atom is -0.490 e. The highest BCUT2D eigenvalue weighted by molar-refractivity contribution is 14.0. The van der Waals surface area contributed by atoms with E-state index in [1.165, 1.54) is 19.3 Å². The molecule has 1 aromatic carbocycles. The van der Waals surface area contributed by atoms with Gasteiger partial charge in [0.1, 0.15) is 5.75 Å². The van der Waals surface area contributed by atoms with Crippen molar-refractivity contribution in [3.63, 3.8) is 0 Å². The molecule has 0 amide bonds. The van der Waals surface area contributed by atoms with Gasteiger partial charge in [-0.3, -0.25) is 0 Å². The summed E-state index contributed by atoms with van der Waals surface area (Å²) >= 11 is 0. The van der Waals surface area contributed by atoms with Crippen LogP contribution in [-0.4, -0.2) is 24.1 Å². The lowest BCUT2D eigenvalue weighted by Gasteiger charge is -2.27. The molecule has 0 radical (unpaired) electrons. The maximum atomic E-state index is 6.06. The highest BCUT2D eigenvalue weighted by Crippen LogP contribution is 2.27. The van der Waals surface area contributed by atoms with Crippen molar-refractivity contribution in [3.8, 4) is 5.75 Å². The van der Waals surface area contributed by atoms with Gasteiger partial charge in [0.15, 0.2) is 5.96 Å². The van der Waals surface area contributed by atoms with Gasteiger partial charge >= 0.3 is 0 Å². The second-order valence-corrected chi connectivity index (χ2v) is 6.85. The molecule has 1 saturated carbocycles. The van der Waals surface area contributed by atoms with Crippen LogP contribution in [0, 0.1) is 0 Å². The van der Waals surface area contributed by atoms with Crippen molar-refractivity contribution in [1.29, 1.82) is 0 Å². The van der Waals surface area contributed by atoms with Gasteiger partial charge in [0.2, 0.25) is 0 Å². The smallest absolute Gasteiger partial charge is 0.191 e. The molecular weight excluding hydrogens is 401 g/mol. The minimum absolute atomic E-state index is 0. The number of halogens is 1. The van der Waals surface area contributed by atoms with Crippen LogP contribution in [0.4, 0.5) is 0 Å². The molecular formula is C18H30IN3O. The number of hydrogen-bond donors (Lipinski definition) is 2. The Hall–Kier alpha value is -0.980. The highest BCUT2D eigenvalue weighted by atomic mass is 127. The van der Waals surface area contributed by atoms with Crippen LogP contribution in [0.5, 0.6) is 5.75 Å². The van der Waals surface area contributed by atoms with Gasteiger partial charge in [0, 0.05) is 17.6 Å². The van der Waals surface area contributed by atoms with Gasteiger partial charge in [-0.15, -0.1) is 24.0 Å². The Kier molecular flexibility index (Phi) is 8.16. The first-order valence-electron chi connectivity index (χ1n) is 8.29. The van der Waals surface area contributed by atoms with E-state index in [1.807, 2.05) is 18.2 Å². The van der Waals surface area contributed by atoms with Gasteiger partial charge in [0.05, 0.1) is 12.6 Å². The van der Waals surface area contributed by atoms with E-state index in [4.69, 9.17) is 9.73 Å². The number of nitrogens with zero attached hydrogens (tertiary/aromatic N) is 1. The summed E-state index contributed by atoms with van der Waals surface area (Å²) in [6.07, 6.45) is 4.02. The number of ether oxygens (including phenoxy) is 1. The van der Waals surface area contributed by atoms with Gasteiger partial charge in [-0.2, -0.15) is 0 Å². The number of benzene rings is 1. The molecule has 0 bridgehead atoms. The van der Waals surface area contributed by atoms with Crippen molar-refractivity contribution in [2.24, 2.45) is 4.99 Å². The Balaban J connectivity index is 0.00000264. The van der Waals surface area contributed by atoms with Crippen LogP contribution in [0.25, 0.3) is 0 Å². The Morgan fingerprint density at radius 1 is 1.26 bits per heavy atom. The quantitative estimate of drug-likeness (QED) is 0.420. The molecule has 1 aliphatic rings. The zero-order valence-electron chi connectivity index (χ0n) is 14.7. The van der Waals surface area contributed by atoms with Gasteiger partial charge in [-0.1, -0.05) is 18.2 Å². The largest absolute Gasteiger partial charge is 0.490 e. The number of para-hydroxylation sites is 1. The van der Waals surface area contributed by atoms with Crippen LogP contribution in [-0.2, 0) is 6.54 Å². The molecule has 4 nitrogen and oxygen atoms in total. The average Bonchev–Trinajstić information content (AvgIpc) is 2.40. The maximum absolute atomic E-state index is 6.06. The molecule has 2 N–H and O–H groups in total. The number of nitrogens with one attached hydrogen (secondary N) is 2. The topological polar surface area (TPSA) is 45.7 Å². The molecule has 0 unspecified atom stereocenters. The third kappa shape index (κ3) is 6.97. The van der Waals surface area contributed by atoms with Crippen molar-refractivity contribution in [2.75, 3.05) is 6.54 Å². The first-order chi connectivity index (χ1) is 10.5. The predicted molar refractivity (Wildman–Crippen MR) is 108 cm³/mol. The Morgan fingerprint density at radius 2 is 1.96 bits per heavy atom. The zero-order chi connectivity index (χ0) is 16.0. The normalized spacial score (nSPS) is 15.4. The molecule has 2 rings (SSSR count). The summed E-state index contributed by atoms with van der Waals surface area (Å²) in [6.45, 7) is 9.94. The van der Waals surface area contributed by atoms with Gasteiger partial charge < -0.3 is 15.4 Å². The van der Waals surface area contributed by atoms with Crippen LogP contribution in [0.2, 0.25) is 0 Å². The molecule has 0 atom stereocenters. The molecule has 130 valence electrons. The summed E-state index contributed by atoms with van der Waals surface area (Å²) < 4.78 is 6.06. The van der Waals surface area contributed by atoms with Gasteiger partial charge in [-0.25, -0.2) is 4.99 Å². The summed E-state index contributed by atoms with van der Waals surface area (Å²) in [7, 11) is 0. The second kappa shape index (κ2) is 9.35. The lowest BCUT2D eigenvalue weighted by atomic mass is 9.96. The fourth-order valence-electron chi connectivity index (χ4n) is 2.24. The summed E-state index contributed by atoms with van der Waals surface area (Å²) in [4.78, 5) is 4.70. The highest BCUT2D eigenvalue weighted by Gasteiger charge is 2.20. The molecule has 0 aromatic heterocycles. The zero-order valence-corrected chi connectivity index (χ0v) is 17.0. The molecule has 0 aliphatic heterocycles. The summed E-state index contributed by atoms with van der Waals surface area (Å²) in [5.41, 5.74) is 1.13. The molecule has 1 aliphatic carbocycles. The molecule has 1 fully saturated rings. The number of aliphatic imine (C=N–C) groups is 1. The molecule has 23 heavy (non-hydrogen) atoms. The molecule has 0 spiro atoms. The standard InChI is InChI=1S/C18H29N3O.HI/c1-5-19-17(21-18(2,3)4)20-13-14-9-6-7-12-16(14)22-15-10-8-11-15;/h6-7,9,12,15H,5,8,10-11,13H2,1-4H3,(H2,19,20,21);1H. The van der Waals surface area contributed by atoms with Crippen LogP contribution < -0.4 is 15.4 Å². The van der Waals surface area contributed by atoms with Gasteiger partial charge in [0.25, 0.3) is 0 Å². The summed E-state index contributed by atoms with van der Waals surface area (Å²) in [5.74, 6) is 1.82.